The van der Waals surface area contributed by atoms with Crippen molar-refractivity contribution in [2.24, 2.45) is 11.8 Å². The van der Waals surface area contributed by atoms with Gasteiger partial charge < -0.3 is 14.5 Å². The molecular formula is C19H28N4O3. The Kier molecular flexibility index (Phi) is 6.06. The Labute approximate surface area is 154 Å². The average Bonchev–Trinajstić information content (AvgIpc) is 2.68. The van der Waals surface area contributed by atoms with Gasteiger partial charge in [0.15, 0.2) is 0 Å². The summed E-state index contributed by atoms with van der Waals surface area (Å²) in [6.07, 6.45) is 5.03. The van der Waals surface area contributed by atoms with Crippen molar-refractivity contribution in [3.05, 3.63) is 18.0 Å². The van der Waals surface area contributed by atoms with E-state index in [9.17, 15) is 9.59 Å². The fraction of sp³-hybridized carbons (Fsp3) is 0.684. The van der Waals surface area contributed by atoms with Gasteiger partial charge in [0, 0.05) is 38.1 Å². The third-order valence-electron chi connectivity index (χ3n) is 5.26. The van der Waals surface area contributed by atoms with Crippen molar-refractivity contribution in [3.63, 3.8) is 0 Å². The van der Waals surface area contributed by atoms with Crippen LogP contribution >= 0.6 is 0 Å². The molecule has 0 aromatic carbocycles. The smallest absolute Gasteiger partial charge is 0.309 e. The molecule has 3 heterocycles. The molecule has 1 atom stereocenters. The molecule has 0 spiro atoms. The predicted molar refractivity (Wildman–Crippen MR) is 97.6 cm³/mol. The third kappa shape index (κ3) is 4.31. The van der Waals surface area contributed by atoms with Gasteiger partial charge in [0.05, 0.1) is 18.4 Å². The van der Waals surface area contributed by atoms with E-state index in [1.165, 1.54) is 0 Å². The van der Waals surface area contributed by atoms with E-state index >= 15 is 0 Å². The fourth-order valence-corrected chi connectivity index (χ4v) is 3.80. The van der Waals surface area contributed by atoms with Crippen molar-refractivity contribution >= 4 is 17.8 Å². The van der Waals surface area contributed by atoms with E-state index in [4.69, 9.17) is 4.74 Å². The lowest BCUT2D eigenvalue weighted by Gasteiger charge is -2.37. The summed E-state index contributed by atoms with van der Waals surface area (Å²) in [4.78, 5) is 37.7. The van der Waals surface area contributed by atoms with Crippen LogP contribution in [0.15, 0.2) is 12.3 Å². The third-order valence-corrected chi connectivity index (χ3v) is 5.26. The van der Waals surface area contributed by atoms with Gasteiger partial charge in [-0.25, -0.2) is 9.97 Å². The van der Waals surface area contributed by atoms with E-state index < -0.39 is 0 Å². The van der Waals surface area contributed by atoms with Crippen LogP contribution in [0.5, 0.6) is 0 Å². The molecule has 26 heavy (non-hydrogen) atoms. The van der Waals surface area contributed by atoms with Gasteiger partial charge >= 0.3 is 5.97 Å². The first-order valence-electron chi connectivity index (χ1n) is 9.58. The SMILES string of the molecule is CCOC(=O)C1CCN(C(=O)[C@@H]2CCCN(c3nccc(C)n3)C2)CC1. The van der Waals surface area contributed by atoms with Crippen molar-refractivity contribution in [1.82, 2.24) is 14.9 Å². The summed E-state index contributed by atoms with van der Waals surface area (Å²) in [5, 5.41) is 0. The zero-order valence-corrected chi connectivity index (χ0v) is 15.7. The topological polar surface area (TPSA) is 75.6 Å². The van der Waals surface area contributed by atoms with Crippen LogP contribution in [-0.2, 0) is 14.3 Å². The zero-order valence-electron chi connectivity index (χ0n) is 15.7. The maximum absolute atomic E-state index is 12.9. The van der Waals surface area contributed by atoms with Gasteiger partial charge in [-0.05, 0) is 45.6 Å². The minimum Gasteiger partial charge on any atom is -0.466 e. The number of anilines is 1. The Morgan fingerprint density at radius 2 is 1.96 bits per heavy atom. The average molecular weight is 360 g/mol. The first kappa shape index (κ1) is 18.6. The first-order valence-corrected chi connectivity index (χ1v) is 9.58. The van der Waals surface area contributed by atoms with Crippen LogP contribution in [0.4, 0.5) is 5.95 Å². The summed E-state index contributed by atoms with van der Waals surface area (Å²) in [7, 11) is 0. The number of ether oxygens (including phenoxy) is 1. The van der Waals surface area contributed by atoms with E-state index in [1.54, 1.807) is 6.20 Å². The number of piperidine rings is 2. The van der Waals surface area contributed by atoms with Crippen LogP contribution in [0.25, 0.3) is 0 Å². The monoisotopic (exact) mass is 360 g/mol. The molecular weight excluding hydrogens is 332 g/mol. The van der Waals surface area contributed by atoms with Crippen molar-refractivity contribution in [2.45, 2.75) is 39.5 Å². The lowest BCUT2D eigenvalue weighted by Crippen LogP contribution is -2.48. The molecule has 0 N–H and O–H groups in total. The number of carbonyl (C=O) groups is 2. The molecule has 0 unspecified atom stereocenters. The number of aryl methyl sites for hydroxylation is 1. The summed E-state index contributed by atoms with van der Waals surface area (Å²) >= 11 is 0. The maximum Gasteiger partial charge on any atom is 0.309 e. The number of hydrogen-bond donors (Lipinski definition) is 0. The van der Waals surface area contributed by atoms with Crippen LogP contribution in [0.3, 0.4) is 0 Å². The lowest BCUT2D eigenvalue weighted by atomic mass is 9.93. The molecule has 7 nitrogen and oxygen atoms in total. The molecule has 7 heteroatoms. The second kappa shape index (κ2) is 8.47. The molecule has 1 aromatic rings. The van der Waals surface area contributed by atoms with Gasteiger partial charge in [-0.3, -0.25) is 9.59 Å². The number of amides is 1. The van der Waals surface area contributed by atoms with Crippen LogP contribution in [-0.4, -0.2) is 59.5 Å². The number of hydrogen-bond acceptors (Lipinski definition) is 6. The molecule has 0 radical (unpaired) electrons. The van der Waals surface area contributed by atoms with Gasteiger partial charge in [0.2, 0.25) is 11.9 Å². The van der Waals surface area contributed by atoms with Crippen LogP contribution in [0, 0.1) is 18.8 Å². The highest BCUT2D eigenvalue weighted by molar-refractivity contribution is 5.80. The van der Waals surface area contributed by atoms with Crippen molar-refractivity contribution in [3.8, 4) is 0 Å². The van der Waals surface area contributed by atoms with E-state index in [1.807, 2.05) is 24.8 Å². The Balaban J connectivity index is 1.56. The molecule has 2 aliphatic heterocycles. The highest BCUT2D eigenvalue weighted by Gasteiger charge is 2.34. The summed E-state index contributed by atoms with van der Waals surface area (Å²) < 4.78 is 5.10. The number of esters is 1. The second-order valence-corrected chi connectivity index (χ2v) is 7.13. The van der Waals surface area contributed by atoms with E-state index in [-0.39, 0.29) is 23.7 Å². The van der Waals surface area contributed by atoms with Gasteiger partial charge in [0.25, 0.3) is 0 Å². The molecule has 2 aliphatic rings. The molecule has 1 amide bonds. The molecule has 2 fully saturated rings. The minimum absolute atomic E-state index is 0.0213. The number of nitrogens with zero attached hydrogens (tertiary/aromatic N) is 4. The molecule has 0 bridgehead atoms. The molecule has 3 rings (SSSR count). The Bertz CT molecular complexity index is 643. The Hall–Kier alpha value is -2.18. The predicted octanol–water partition coefficient (Wildman–Crippen LogP) is 1.80. The highest BCUT2D eigenvalue weighted by Crippen LogP contribution is 2.25. The van der Waals surface area contributed by atoms with E-state index in [0.29, 0.717) is 45.0 Å². The van der Waals surface area contributed by atoms with Crippen LogP contribution in [0.1, 0.15) is 38.3 Å². The fourth-order valence-electron chi connectivity index (χ4n) is 3.80. The normalized spacial score (nSPS) is 21.5. The standard InChI is InChI=1S/C19H28N4O3/c1-3-26-18(25)15-7-11-22(12-8-15)17(24)16-5-4-10-23(13-16)19-20-9-6-14(2)21-19/h6,9,15-16H,3-5,7-8,10-13H2,1-2H3/t16-/m1/s1. The summed E-state index contributed by atoms with van der Waals surface area (Å²) in [6.45, 7) is 7.02. The molecule has 2 saturated heterocycles. The van der Waals surface area contributed by atoms with Crippen molar-refractivity contribution in [1.29, 1.82) is 0 Å². The molecule has 142 valence electrons. The largest absolute Gasteiger partial charge is 0.466 e. The van der Waals surface area contributed by atoms with E-state index in [2.05, 4.69) is 14.9 Å². The van der Waals surface area contributed by atoms with Gasteiger partial charge in [0.1, 0.15) is 0 Å². The number of rotatable bonds is 4. The van der Waals surface area contributed by atoms with Gasteiger partial charge in [-0.15, -0.1) is 0 Å². The first-order chi connectivity index (χ1) is 12.6. The highest BCUT2D eigenvalue weighted by atomic mass is 16.5. The van der Waals surface area contributed by atoms with Crippen LogP contribution < -0.4 is 4.90 Å². The van der Waals surface area contributed by atoms with Crippen molar-refractivity contribution in [2.75, 3.05) is 37.7 Å². The van der Waals surface area contributed by atoms with E-state index in [0.717, 1.165) is 25.1 Å². The molecule has 1 aromatic heterocycles. The molecule has 0 saturated carbocycles. The van der Waals surface area contributed by atoms with Gasteiger partial charge in [-0.1, -0.05) is 0 Å². The quantitative estimate of drug-likeness (QED) is 0.762. The Morgan fingerprint density at radius 1 is 1.19 bits per heavy atom. The number of carbonyl (C=O) groups excluding carboxylic acids is 2. The maximum atomic E-state index is 12.9. The summed E-state index contributed by atoms with van der Waals surface area (Å²) in [5.74, 6) is 0.697. The molecule has 0 aliphatic carbocycles. The summed E-state index contributed by atoms with van der Waals surface area (Å²) in [6, 6.07) is 1.88. The minimum atomic E-state index is -0.125. The number of likely N-dealkylation sites (tertiary alicyclic amines) is 1. The second-order valence-electron chi connectivity index (χ2n) is 7.13. The van der Waals surface area contributed by atoms with Crippen molar-refractivity contribution < 1.29 is 14.3 Å². The van der Waals surface area contributed by atoms with Gasteiger partial charge in [-0.2, -0.15) is 0 Å². The van der Waals surface area contributed by atoms with Crippen LogP contribution in [0.2, 0.25) is 0 Å². The summed E-state index contributed by atoms with van der Waals surface area (Å²) in [5.41, 5.74) is 0.935. The number of aromatic nitrogens is 2. The lowest BCUT2D eigenvalue weighted by molar-refractivity contribution is -0.151. The zero-order chi connectivity index (χ0) is 18.5. The Morgan fingerprint density at radius 3 is 2.65 bits per heavy atom.